The van der Waals surface area contributed by atoms with Gasteiger partial charge >= 0.3 is 0 Å². The van der Waals surface area contributed by atoms with Crippen molar-refractivity contribution in [1.82, 2.24) is 10.2 Å². The molecule has 0 radical (unpaired) electrons. The molecule has 0 aliphatic heterocycles. The predicted octanol–water partition coefficient (Wildman–Crippen LogP) is 5.87. The number of carbonyl (C=O) groups excluding carboxylic acids is 2. The van der Waals surface area contributed by atoms with Gasteiger partial charge in [-0.2, -0.15) is 0 Å². The summed E-state index contributed by atoms with van der Waals surface area (Å²) in [4.78, 5) is 28.5. The number of carbonyl (C=O) groups is 2. The summed E-state index contributed by atoms with van der Waals surface area (Å²) in [6.45, 7) is 7.03. The first-order valence-corrected chi connectivity index (χ1v) is 15.3. The molecule has 0 fully saturated rings. The molecule has 0 saturated carbocycles. The molecular weight excluding hydrogens is 569 g/mol. The number of benzene rings is 3. The minimum atomic E-state index is -4.18. The monoisotopic (exact) mass is 603 g/mol. The van der Waals surface area contributed by atoms with Crippen LogP contribution in [0.3, 0.4) is 0 Å². The van der Waals surface area contributed by atoms with Crippen molar-refractivity contribution in [2.75, 3.05) is 17.4 Å². The van der Waals surface area contributed by atoms with Crippen molar-refractivity contribution >= 4 is 50.7 Å². The Morgan fingerprint density at radius 2 is 1.57 bits per heavy atom. The van der Waals surface area contributed by atoms with Crippen LogP contribution in [0.1, 0.15) is 38.3 Å². The Kier molecular flexibility index (Phi) is 11.0. The van der Waals surface area contributed by atoms with Crippen LogP contribution in [0.25, 0.3) is 0 Å². The average molecular weight is 605 g/mol. The van der Waals surface area contributed by atoms with Crippen LogP contribution in [-0.2, 0) is 26.0 Å². The quantitative estimate of drug-likeness (QED) is 0.280. The maximum Gasteiger partial charge on any atom is 0.264 e. The highest BCUT2D eigenvalue weighted by Crippen LogP contribution is 2.31. The third-order valence-electron chi connectivity index (χ3n) is 6.73. The van der Waals surface area contributed by atoms with E-state index in [1.807, 2.05) is 51.1 Å². The number of rotatable bonds is 12. The minimum absolute atomic E-state index is 0.0235. The molecular formula is C30H35Cl2N3O4S. The molecule has 0 spiro atoms. The Hall–Kier alpha value is -3.07. The topological polar surface area (TPSA) is 86.8 Å². The standard InChI is InChI=1S/C30H35Cl2N3O4S/c1-5-22(3)33-30(37)23(4)34(18-17-24-9-7-6-8-10-24)29(36)20-35(25-13-16-27(31)28(32)19-25)40(38,39)26-14-11-21(2)12-15-26/h6-16,19,22-23H,5,17-18,20H2,1-4H3,(H,33,37)/t22-,23+/m0/s1. The van der Waals surface area contributed by atoms with E-state index >= 15 is 0 Å². The molecule has 40 heavy (non-hydrogen) atoms. The van der Waals surface area contributed by atoms with Crippen molar-refractivity contribution in [1.29, 1.82) is 0 Å². The summed E-state index contributed by atoms with van der Waals surface area (Å²) in [6.07, 6.45) is 1.22. The number of amides is 2. The smallest absolute Gasteiger partial charge is 0.264 e. The molecule has 3 rings (SSSR count). The van der Waals surface area contributed by atoms with Crippen molar-refractivity contribution < 1.29 is 18.0 Å². The van der Waals surface area contributed by atoms with Gasteiger partial charge in [0.15, 0.2) is 0 Å². The van der Waals surface area contributed by atoms with E-state index in [0.717, 1.165) is 21.9 Å². The second-order valence-electron chi connectivity index (χ2n) is 9.74. The van der Waals surface area contributed by atoms with Crippen LogP contribution in [0.15, 0.2) is 77.7 Å². The van der Waals surface area contributed by atoms with E-state index in [0.29, 0.717) is 6.42 Å². The number of nitrogens with one attached hydrogen (secondary N) is 1. The zero-order valence-corrected chi connectivity index (χ0v) is 25.4. The normalized spacial score (nSPS) is 12.8. The fraction of sp³-hybridized carbons (Fsp3) is 0.333. The number of sulfonamides is 1. The Morgan fingerprint density at radius 3 is 2.17 bits per heavy atom. The van der Waals surface area contributed by atoms with Gasteiger partial charge in [0.2, 0.25) is 11.8 Å². The molecule has 3 aromatic carbocycles. The van der Waals surface area contributed by atoms with Crippen LogP contribution in [-0.4, -0.2) is 50.3 Å². The van der Waals surface area contributed by atoms with Gasteiger partial charge in [-0.25, -0.2) is 8.42 Å². The van der Waals surface area contributed by atoms with Crippen molar-refractivity contribution in [3.8, 4) is 0 Å². The molecule has 0 aliphatic rings. The lowest BCUT2D eigenvalue weighted by Gasteiger charge is -2.32. The maximum atomic E-state index is 13.9. The zero-order chi connectivity index (χ0) is 29.4. The lowest BCUT2D eigenvalue weighted by molar-refractivity contribution is -0.139. The first kappa shape index (κ1) is 31.5. The summed E-state index contributed by atoms with van der Waals surface area (Å²) in [6, 6.07) is 19.5. The molecule has 10 heteroatoms. The third kappa shape index (κ3) is 7.99. The zero-order valence-electron chi connectivity index (χ0n) is 23.1. The summed E-state index contributed by atoms with van der Waals surface area (Å²) in [7, 11) is -4.18. The van der Waals surface area contributed by atoms with Crippen LogP contribution < -0.4 is 9.62 Å². The molecule has 2 amide bonds. The highest BCUT2D eigenvalue weighted by atomic mass is 35.5. The van der Waals surface area contributed by atoms with Crippen LogP contribution in [0, 0.1) is 6.92 Å². The second-order valence-corrected chi connectivity index (χ2v) is 12.4. The van der Waals surface area contributed by atoms with Crippen molar-refractivity contribution in [2.24, 2.45) is 0 Å². The van der Waals surface area contributed by atoms with Gasteiger partial charge in [0.05, 0.1) is 20.6 Å². The van der Waals surface area contributed by atoms with E-state index in [9.17, 15) is 18.0 Å². The Balaban J connectivity index is 2.00. The molecule has 214 valence electrons. The van der Waals surface area contributed by atoms with Crippen LogP contribution in [0.4, 0.5) is 5.69 Å². The lowest BCUT2D eigenvalue weighted by Crippen LogP contribution is -2.53. The summed E-state index contributed by atoms with van der Waals surface area (Å²) >= 11 is 12.3. The summed E-state index contributed by atoms with van der Waals surface area (Å²) in [5, 5.41) is 3.33. The molecule has 0 bridgehead atoms. The van der Waals surface area contributed by atoms with E-state index in [1.54, 1.807) is 19.1 Å². The van der Waals surface area contributed by atoms with Crippen molar-refractivity contribution in [3.05, 3.63) is 94.0 Å². The lowest BCUT2D eigenvalue weighted by atomic mass is 10.1. The van der Waals surface area contributed by atoms with E-state index in [1.165, 1.54) is 35.2 Å². The Morgan fingerprint density at radius 1 is 0.925 bits per heavy atom. The summed E-state index contributed by atoms with van der Waals surface area (Å²) < 4.78 is 28.7. The number of anilines is 1. The number of hydrogen-bond acceptors (Lipinski definition) is 4. The van der Waals surface area contributed by atoms with Crippen LogP contribution in [0.5, 0.6) is 0 Å². The largest absolute Gasteiger partial charge is 0.352 e. The average Bonchev–Trinajstić information content (AvgIpc) is 2.93. The first-order chi connectivity index (χ1) is 18.9. The molecule has 7 nitrogen and oxygen atoms in total. The Bertz CT molecular complexity index is 1420. The van der Waals surface area contributed by atoms with E-state index in [-0.39, 0.29) is 39.1 Å². The SMILES string of the molecule is CC[C@H](C)NC(=O)[C@@H](C)N(CCc1ccccc1)C(=O)CN(c1ccc(Cl)c(Cl)c1)S(=O)(=O)c1ccc(C)cc1. The highest BCUT2D eigenvalue weighted by Gasteiger charge is 2.32. The molecule has 3 aromatic rings. The van der Waals surface area contributed by atoms with Crippen molar-refractivity contribution in [2.45, 2.75) is 57.5 Å². The molecule has 2 atom stereocenters. The highest BCUT2D eigenvalue weighted by molar-refractivity contribution is 7.92. The van der Waals surface area contributed by atoms with Gasteiger partial charge in [0, 0.05) is 12.6 Å². The fourth-order valence-electron chi connectivity index (χ4n) is 4.04. The molecule has 1 N–H and O–H groups in total. The number of aryl methyl sites for hydroxylation is 1. The molecule has 0 aliphatic carbocycles. The second kappa shape index (κ2) is 14.0. The van der Waals surface area contributed by atoms with Gasteiger partial charge < -0.3 is 10.2 Å². The van der Waals surface area contributed by atoms with E-state index in [2.05, 4.69) is 5.32 Å². The van der Waals surface area contributed by atoms with Crippen LogP contribution in [0.2, 0.25) is 10.0 Å². The first-order valence-electron chi connectivity index (χ1n) is 13.1. The predicted molar refractivity (Wildman–Crippen MR) is 161 cm³/mol. The summed E-state index contributed by atoms with van der Waals surface area (Å²) in [5.74, 6) is -0.831. The van der Waals surface area contributed by atoms with Crippen LogP contribution >= 0.6 is 23.2 Å². The fourth-order valence-corrected chi connectivity index (χ4v) is 5.74. The van der Waals surface area contributed by atoms with Gasteiger partial charge in [-0.15, -0.1) is 0 Å². The number of nitrogens with zero attached hydrogens (tertiary/aromatic N) is 2. The molecule has 0 aromatic heterocycles. The van der Waals surface area contributed by atoms with Gasteiger partial charge in [-0.3, -0.25) is 13.9 Å². The molecule has 0 heterocycles. The summed E-state index contributed by atoms with van der Waals surface area (Å²) in [5.41, 5.74) is 2.07. The van der Waals surface area contributed by atoms with Gasteiger partial charge in [-0.1, -0.05) is 78.2 Å². The van der Waals surface area contributed by atoms with Gasteiger partial charge in [0.25, 0.3) is 10.0 Å². The molecule has 0 saturated heterocycles. The minimum Gasteiger partial charge on any atom is -0.352 e. The van der Waals surface area contributed by atoms with Crippen molar-refractivity contribution in [3.63, 3.8) is 0 Å². The van der Waals surface area contributed by atoms with E-state index < -0.39 is 28.5 Å². The van der Waals surface area contributed by atoms with Gasteiger partial charge in [-0.05, 0) is 69.5 Å². The maximum absolute atomic E-state index is 13.9. The van der Waals surface area contributed by atoms with Gasteiger partial charge in [0.1, 0.15) is 12.6 Å². The third-order valence-corrected chi connectivity index (χ3v) is 9.26. The van der Waals surface area contributed by atoms with E-state index in [4.69, 9.17) is 23.2 Å². The number of halogens is 2. The number of hydrogen-bond donors (Lipinski definition) is 1. The Labute approximate surface area is 247 Å². The molecule has 0 unspecified atom stereocenters.